The van der Waals surface area contributed by atoms with Gasteiger partial charge in [0.1, 0.15) is 5.75 Å². The minimum absolute atomic E-state index is 0.0344. The van der Waals surface area contributed by atoms with Gasteiger partial charge < -0.3 is 10.2 Å². The zero-order valence-corrected chi connectivity index (χ0v) is 13.8. The zero-order chi connectivity index (χ0) is 18.2. The molecule has 3 N–H and O–H groups in total. The first-order chi connectivity index (χ1) is 11.8. The second-order valence-corrected chi connectivity index (χ2v) is 6.70. The highest BCUT2D eigenvalue weighted by Gasteiger charge is 2.12. The van der Waals surface area contributed by atoms with Crippen molar-refractivity contribution in [3.05, 3.63) is 48.0 Å². The summed E-state index contributed by atoms with van der Waals surface area (Å²) in [7, 11) is -4.27. The van der Waals surface area contributed by atoms with E-state index in [2.05, 4.69) is 15.2 Å². The lowest BCUT2D eigenvalue weighted by Crippen LogP contribution is -1.96. The van der Waals surface area contributed by atoms with Gasteiger partial charge in [0.05, 0.1) is 16.1 Å². The van der Waals surface area contributed by atoms with Crippen LogP contribution in [0.4, 0.5) is 11.4 Å². The molecule has 0 atom stereocenters. The zero-order valence-electron chi connectivity index (χ0n) is 12.9. The molecule has 3 aromatic rings. The van der Waals surface area contributed by atoms with Crippen LogP contribution in [0.25, 0.3) is 10.9 Å². The third-order valence-electron chi connectivity index (χ3n) is 3.58. The van der Waals surface area contributed by atoms with Crippen molar-refractivity contribution < 1.29 is 23.2 Å². The summed E-state index contributed by atoms with van der Waals surface area (Å²) in [4.78, 5) is 3.73. The summed E-state index contributed by atoms with van der Waals surface area (Å²) in [6, 6.07) is 9.71. The summed E-state index contributed by atoms with van der Waals surface area (Å²) in [5, 5.41) is 28.2. The number of fused-ring (bicyclic) bond motifs is 1. The molecule has 0 aliphatic carbocycles. The van der Waals surface area contributed by atoms with Crippen molar-refractivity contribution in [1.29, 1.82) is 0 Å². The third-order valence-corrected chi connectivity index (χ3v) is 4.45. The van der Waals surface area contributed by atoms with Gasteiger partial charge in [-0.2, -0.15) is 13.5 Å². The number of aromatic hydroxyl groups is 2. The second-order valence-electron chi connectivity index (χ2n) is 5.28. The lowest BCUT2D eigenvalue weighted by molar-refractivity contribution is 0.456. The number of pyridine rings is 1. The average molecular weight is 359 g/mol. The summed E-state index contributed by atoms with van der Waals surface area (Å²) in [5.74, 6) is -0.305. The quantitative estimate of drug-likeness (QED) is 0.483. The van der Waals surface area contributed by atoms with Crippen LogP contribution in [-0.4, -0.2) is 28.2 Å². The van der Waals surface area contributed by atoms with Crippen molar-refractivity contribution in [1.82, 2.24) is 4.98 Å². The number of aryl methyl sites for hydroxylation is 1. The van der Waals surface area contributed by atoms with Gasteiger partial charge in [0, 0.05) is 11.5 Å². The Morgan fingerprint density at radius 1 is 1.00 bits per heavy atom. The number of nitrogens with zero attached hydrogens (tertiary/aromatic N) is 3. The Labute approximate surface area is 142 Å². The average Bonchev–Trinajstić information content (AvgIpc) is 2.54. The highest BCUT2D eigenvalue weighted by molar-refractivity contribution is 7.85. The minimum atomic E-state index is -4.27. The fraction of sp³-hybridized carbons (Fsp3) is 0.0625. The number of benzene rings is 2. The van der Waals surface area contributed by atoms with Crippen LogP contribution in [0.1, 0.15) is 5.56 Å². The number of hydrogen-bond donors (Lipinski definition) is 3. The molecule has 0 aliphatic rings. The Hall–Kier alpha value is -3.04. The molecule has 0 saturated heterocycles. The Balaban J connectivity index is 2.00. The van der Waals surface area contributed by atoms with E-state index in [1.165, 1.54) is 36.4 Å². The predicted molar refractivity (Wildman–Crippen MR) is 90.2 cm³/mol. The van der Waals surface area contributed by atoms with Gasteiger partial charge >= 0.3 is 0 Å². The van der Waals surface area contributed by atoms with Crippen LogP contribution in [-0.2, 0) is 10.1 Å². The smallest absolute Gasteiger partial charge is 0.294 e. The highest BCUT2D eigenvalue weighted by atomic mass is 32.2. The monoisotopic (exact) mass is 359 g/mol. The molecule has 0 saturated carbocycles. The van der Waals surface area contributed by atoms with Gasteiger partial charge in [0.2, 0.25) is 5.88 Å². The Kier molecular flexibility index (Phi) is 4.11. The van der Waals surface area contributed by atoms with E-state index in [-0.39, 0.29) is 22.2 Å². The molecule has 2 aromatic carbocycles. The van der Waals surface area contributed by atoms with Gasteiger partial charge in [-0.1, -0.05) is 0 Å². The molecule has 0 amide bonds. The summed E-state index contributed by atoms with van der Waals surface area (Å²) >= 11 is 0. The molecule has 8 nitrogen and oxygen atoms in total. The summed E-state index contributed by atoms with van der Waals surface area (Å²) in [6.45, 7) is 1.73. The largest absolute Gasteiger partial charge is 0.508 e. The molecule has 1 heterocycles. The molecule has 0 bridgehead atoms. The van der Waals surface area contributed by atoms with Crippen LogP contribution in [0.15, 0.2) is 57.6 Å². The molecule has 3 rings (SSSR count). The van der Waals surface area contributed by atoms with Crippen molar-refractivity contribution >= 4 is 32.4 Å². The third kappa shape index (κ3) is 3.42. The van der Waals surface area contributed by atoms with Gasteiger partial charge in [0.25, 0.3) is 10.1 Å². The van der Waals surface area contributed by atoms with Gasteiger partial charge in [-0.25, -0.2) is 4.98 Å². The van der Waals surface area contributed by atoms with E-state index in [0.717, 1.165) is 0 Å². The van der Waals surface area contributed by atoms with E-state index in [1.54, 1.807) is 13.0 Å². The predicted octanol–water partition coefficient (Wildman–Crippen LogP) is 3.62. The summed E-state index contributed by atoms with van der Waals surface area (Å²) < 4.78 is 30.9. The van der Waals surface area contributed by atoms with E-state index in [4.69, 9.17) is 4.55 Å². The van der Waals surface area contributed by atoms with Gasteiger partial charge in [-0.15, -0.1) is 5.11 Å². The minimum Gasteiger partial charge on any atom is -0.508 e. The van der Waals surface area contributed by atoms with E-state index >= 15 is 0 Å². The van der Waals surface area contributed by atoms with Crippen LogP contribution in [0.3, 0.4) is 0 Å². The van der Waals surface area contributed by atoms with Gasteiger partial charge in [-0.05, 0) is 48.9 Å². The van der Waals surface area contributed by atoms with E-state index in [0.29, 0.717) is 22.2 Å². The summed E-state index contributed by atoms with van der Waals surface area (Å²) in [6.07, 6.45) is 0. The Morgan fingerprint density at radius 3 is 2.32 bits per heavy atom. The van der Waals surface area contributed by atoms with E-state index in [9.17, 15) is 18.6 Å². The first-order valence-corrected chi connectivity index (χ1v) is 8.51. The van der Waals surface area contributed by atoms with Crippen LogP contribution in [0.5, 0.6) is 11.6 Å². The summed E-state index contributed by atoms with van der Waals surface area (Å²) in [5.41, 5.74) is 1.54. The van der Waals surface area contributed by atoms with E-state index in [1.807, 2.05) is 0 Å². The molecule has 128 valence electrons. The van der Waals surface area contributed by atoms with Crippen molar-refractivity contribution in [2.75, 3.05) is 0 Å². The number of aromatic nitrogens is 1. The first kappa shape index (κ1) is 16.8. The SMILES string of the molecule is Cc1c(/N=N/c2ccc(S(=O)(=O)O)cc2)c(O)nc2cc(O)ccc12. The van der Waals surface area contributed by atoms with Crippen molar-refractivity contribution in [3.63, 3.8) is 0 Å². The number of azo groups is 1. The molecular weight excluding hydrogens is 346 g/mol. The number of rotatable bonds is 3. The highest BCUT2D eigenvalue weighted by Crippen LogP contribution is 2.35. The lowest BCUT2D eigenvalue weighted by atomic mass is 10.1. The van der Waals surface area contributed by atoms with Gasteiger partial charge in [0.15, 0.2) is 5.69 Å². The molecule has 0 unspecified atom stereocenters. The van der Waals surface area contributed by atoms with Crippen LogP contribution < -0.4 is 0 Å². The van der Waals surface area contributed by atoms with Crippen molar-refractivity contribution in [2.45, 2.75) is 11.8 Å². The Morgan fingerprint density at radius 2 is 1.68 bits per heavy atom. The first-order valence-electron chi connectivity index (χ1n) is 7.07. The van der Waals surface area contributed by atoms with Gasteiger partial charge in [-0.3, -0.25) is 4.55 Å². The molecule has 0 spiro atoms. The number of hydrogen-bond acceptors (Lipinski definition) is 7. The fourth-order valence-corrected chi connectivity index (χ4v) is 2.78. The maximum atomic E-state index is 11.0. The molecule has 0 fully saturated rings. The van der Waals surface area contributed by atoms with Crippen LogP contribution in [0.2, 0.25) is 0 Å². The molecule has 0 radical (unpaired) electrons. The molecule has 1 aromatic heterocycles. The molecule has 9 heteroatoms. The maximum absolute atomic E-state index is 11.0. The molecular formula is C16H13N3O5S. The van der Waals surface area contributed by atoms with E-state index < -0.39 is 10.1 Å². The van der Waals surface area contributed by atoms with Crippen molar-refractivity contribution in [2.24, 2.45) is 10.2 Å². The van der Waals surface area contributed by atoms with Crippen molar-refractivity contribution in [3.8, 4) is 11.6 Å². The topological polar surface area (TPSA) is 132 Å². The lowest BCUT2D eigenvalue weighted by Gasteiger charge is -2.07. The second kappa shape index (κ2) is 6.11. The van der Waals surface area contributed by atoms with Crippen LogP contribution in [0, 0.1) is 6.92 Å². The normalized spacial score (nSPS) is 12.1. The van der Waals surface area contributed by atoms with Crippen LogP contribution >= 0.6 is 0 Å². The number of phenols is 1. The Bertz CT molecular complexity index is 1090. The standard InChI is InChI=1S/C16H13N3O5S/c1-9-13-7-4-11(20)8-14(13)17-16(21)15(9)19-18-10-2-5-12(6-3-10)25(22,23)24/h2-8,20H,1H3,(H,17,21)(H,22,23,24)/b19-18+. The molecule has 25 heavy (non-hydrogen) atoms. The molecule has 0 aliphatic heterocycles. The fourth-order valence-electron chi connectivity index (χ4n) is 2.30. The number of phenolic OH excluding ortho intramolecular Hbond substituents is 1. The maximum Gasteiger partial charge on any atom is 0.294 e.